The van der Waals surface area contributed by atoms with E-state index in [1.165, 1.54) is 11.8 Å². The topological polar surface area (TPSA) is 60.8 Å². The first-order valence-electron chi connectivity index (χ1n) is 5.96. The Morgan fingerprint density at radius 2 is 2.00 bits per heavy atom. The van der Waals surface area contributed by atoms with E-state index in [4.69, 9.17) is 4.74 Å². The second-order valence-electron chi connectivity index (χ2n) is 4.15. The lowest BCUT2D eigenvalue weighted by Gasteiger charge is -2.06. The number of benzene rings is 1. The van der Waals surface area contributed by atoms with Crippen LogP contribution in [0.25, 0.3) is 10.9 Å². The molecule has 0 atom stereocenters. The van der Waals surface area contributed by atoms with E-state index in [1.54, 1.807) is 18.4 Å². The van der Waals surface area contributed by atoms with Gasteiger partial charge in [0.15, 0.2) is 4.34 Å². The van der Waals surface area contributed by atoms with Crippen LogP contribution in [0.5, 0.6) is 5.75 Å². The van der Waals surface area contributed by atoms with Crippen molar-refractivity contribution >= 4 is 34.0 Å². The predicted molar refractivity (Wildman–Crippen MR) is 79.6 cm³/mol. The van der Waals surface area contributed by atoms with Gasteiger partial charge in [0, 0.05) is 5.39 Å². The molecule has 0 saturated carbocycles. The van der Waals surface area contributed by atoms with Gasteiger partial charge in [-0.05, 0) is 43.8 Å². The summed E-state index contributed by atoms with van der Waals surface area (Å²) >= 11 is 3.07. The minimum Gasteiger partial charge on any atom is -0.497 e. The highest BCUT2D eigenvalue weighted by Crippen LogP contribution is 2.34. The van der Waals surface area contributed by atoms with Gasteiger partial charge in [-0.15, -0.1) is 10.2 Å². The van der Waals surface area contributed by atoms with Gasteiger partial charge in [0.2, 0.25) is 0 Å². The van der Waals surface area contributed by atoms with E-state index < -0.39 is 0 Å². The van der Waals surface area contributed by atoms with E-state index in [9.17, 15) is 0 Å². The standard InChI is InChI=1S/C13H12N4OS2/c1-7-14-11-5-4-9(18-3)6-10(11)12(15-7)20-13-17-16-8(2)19-13/h4-6H,1-3H3. The summed E-state index contributed by atoms with van der Waals surface area (Å²) in [7, 11) is 1.65. The molecule has 7 heteroatoms. The number of methoxy groups -OCH3 is 1. The van der Waals surface area contributed by atoms with Crippen molar-refractivity contribution in [2.45, 2.75) is 23.2 Å². The zero-order valence-electron chi connectivity index (χ0n) is 11.2. The highest BCUT2D eigenvalue weighted by Gasteiger charge is 2.11. The Labute approximate surface area is 124 Å². The molecule has 2 heterocycles. The van der Waals surface area contributed by atoms with Crippen LogP contribution in [0.15, 0.2) is 27.6 Å². The number of aromatic nitrogens is 4. The fourth-order valence-corrected chi connectivity index (χ4v) is 3.68. The summed E-state index contributed by atoms with van der Waals surface area (Å²) in [4.78, 5) is 8.96. The number of hydrogen-bond acceptors (Lipinski definition) is 7. The second-order valence-corrected chi connectivity index (χ2v) is 6.57. The summed E-state index contributed by atoms with van der Waals surface area (Å²) in [5.41, 5.74) is 0.905. The first kappa shape index (κ1) is 13.3. The summed E-state index contributed by atoms with van der Waals surface area (Å²) in [6.45, 7) is 3.83. The molecular formula is C13H12N4OS2. The molecule has 0 N–H and O–H groups in total. The van der Waals surface area contributed by atoms with E-state index >= 15 is 0 Å². The van der Waals surface area contributed by atoms with E-state index in [2.05, 4.69) is 20.2 Å². The van der Waals surface area contributed by atoms with Crippen molar-refractivity contribution in [3.63, 3.8) is 0 Å². The van der Waals surface area contributed by atoms with Crippen molar-refractivity contribution < 1.29 is 4.74 Å². The fourth-order valence-electron chi connectivity index (χ4n) is 1.80. The molecule has 0 unspecified atom stereocenters. The van der Waals surface area contributed by atoms with Gasteiger partial charge in [-0.2, -0.15) is 0 Å². The highest BCUT2D eigenvalue weighted by molar-refractivity contribution is 8.01. The zero-order chi connectivity index (χ0) is 14.1. The van der Waals surface area contributed by atoms with Crippen LogP contribution >= 0.6 is 23.1 Å². The molecule has 2 aromatic heterocycles. The molecule has 102 valence electrons. The Bertz CT molecular complexity index is 772. The smallest absolute Gasteiger partial charge is 0.180 e. The third-order valence-corrected chi connectivity index (χ3v) is 4.57. The molecule has 0 bridgehead atoms. The average Bonchev–Trinajstić information content (AvgIpc) is 2.83. The normalized spacial score (nSPS) is 10.9. The summed E-state index contributed by atoms with van der Waals surface area (Å²) in [6.07, 6.45) is 0. The molecule has 5 nitrogen and oxygen atoms in total. The van der Waals surface area contributed by atoms with Crippen molar-refractivity contribution in [1.82, 2.24) is 20.2 Å². The third-order valence-electron chi connectivity index (χ3n) is 2.67. The SMILES string of the molecule is COc1ccc2nc(C)nc(Sc3nnc(C)s3)c2c1. The van der Waals surface area contributed by atoms with Gasteiger partial charge in [0.1, 0.15) is 21.6 Å². The number of nitrogens with zero attached hydrogens (tertiary/aromatic N) is 4. The van der Waals surface area contributed by atoms with Crippen LogP contribution < -0.4 is 4.74 Å². The molecule has 0 spiro atoms. The molecule has 3 rings (SSSR count). The summed E-state index contributed by atoms with van der Waals surface area (Å²) in [5, 5.41) is 10.9. The number of aryl methyl sites for hydroxylation is 2. The van der Waals surface area contributed by atoms with E-state index in [0.717, 1.165) is 36.9 Å². The molecule has 0 fully saturated rings. The first-order chi connectivity index (χ1) is 9.65. The Morgan fingerprint density at radius 3 is 2.70 bits per heavy atom. The van der Waals surface area contributed by atoms with Gasteiger partial charge in [0.25, 0.3) is 0 Å². The Hall–Kier alpha value is -1.73. The van der Waals surface area contributed by atoms with Crippen LogP contribution in [0.2, 0.25) is 0 Å². The lowest BCUT2D eigenvalue weighted by atomic mass is 10.2. The summed E-state index contributed by atoms with van der Waals surface area (Å²) < 4.78 is 6.15. The molecule has 0 aliphatic heterocycles. The van der Waals surface area contributed by atoms with Crippen molar-refractivity contribution in [3.8, 4) is 5.75 Å². The van der Waals surface area contributed by atoms with Crippen LogP contribution in [0.1, 0.15) is 10.8 Å². The minimum atomic E-state index is 0.742. The number of hydrogen-bond donors (Lipinski definition) is 0. The van der Waals surface area contributed by atoms with Gasteiger partial charge >= 0.3 is 0 Å². The molecule has 3 aromatic rings. The van der Waals surface area contributed by atoms with E-state index in [1.807, 2.05) is 32.0 Å². The Kier molecular flexibility index (Phi) is 3.54. The molecule has 20 heavy (non-hydrogen) atoms. The van der Waals surface area contributed by atoms with Gasteiger partial charge in [-0.1, -0.05) is 11.3 Å². The first-order valence-corrected chi connectivity index (χ1v) is 7.59. The molecule has 0 radical (unpaired) electrons. The van der Waals surface area contributed by atoms with Gasteiger partial charge < -0.3 is 4.74 Å². The number of fused-ring (bicyclic) bond motifs is 1. The monoisotopic (exact) mass is 304 g/mol. The van der Waals surface area contributed by atoms with E-state index in [-0.39, 0.29) is 0 Å². The van der Waals surface area contributed by atoms with Crippen LogP contribution in [-0.2, 0) is 0 Å². The van der Waals surface area contributed by atoms with Crippen molar-refractivity contribution in [3.05, 3.63) is 29.0 Å². The van der Waals surface area contributed by atoms with Gasteiger partial charge in [0.05, 0.1) is 12.6 Å². The summed E-state index contributed by atoms with van der Waals surface area (Å²) in [6, 6.07) is 5.79. The van der Waals surface area contributed by atoms with Gasteiger partial charge in [-0.3, -0.25) is 0 Å². The van der Waals surface area contributed by atoms with E-state index in [0.29, 0.717) is 0 Å². The van der Waals surface area contributed by atoms with Crippen LogP contribution in [-0.4, -0.2) is 27.3 Å². The van der Waals surface area contributed by atoms with Crippen molar-refractivity contribution in [1.29, 1.82) is 0 Å². The quantitative estimate of drug-likeness (QED) is 0.692. The zero-order valence-corrected chi connectivity index (χ0v) is 12.9. The lowest BCUT2D eigenvalue weighted by Crippen LogP contribution is -1.93. The Morgan fingerprint density at radius 1 is 1.15 bits per heavy atom. The summed E-state index contributed by atoms with van der Waals surface area (Å²) in [5.74, 6) is 1.53. The largest absolute Gasteiger partial charge is 0.497 e. The van der Waals surface area contributed by atoms with Crippen LogP contribution in [0.3, 0.4) is 0 Å². The van der Waals surface area contributed by atoms with Gasteiger partial charge in [-0.25, -0.2) is 9.97 Å². The molecular weight excluding hydrogens is 292 g/mol. The molecule has 0 saturated heterocycles. The van der Waals surface area contributed by atoms with Crippen LogP contribution in [0, 0.1) is 13.8 Å². The number of ether oxygens (including phenoxy) is 1. The third kappa shape index (κ3) is 2.59. The second kappa shape index (κ2) is 5.34. The fraction of sp³-hybridized carbons (Fsp3) is 0.231. The highest BCUT2D eigenvalue weighted by atomic mass is 32.2. The maximum absolute atomic E-state index is 5.27. The molecule has 0 aliphatic rings. The number of rotatable bonds is 3. The Balaban J connectivity index is 2.12. The molecule has 0 aliphatic carbocycles. The lowest BCUT2D eigenvalue weighted by molar-refractivity contribution is 0.415. The predicted octanol–water partition coefficient (Wildman–Crippen LogP) is 3.26. The average molecular weight is 304 g/mol. The minimum absolute atomic E-state index is 0.742. The van der Waals surface area contributed by atoms with Crippen molar-refractivity contribution in [2.75, 3.05) is 7.11 Å². The maximum atomic E-state index is 5.27. The van der Waals surface area contributed by atoms with Crippen molar-refractivity contribution in [2.24, 2.45) is 0 Å². The van der Waals surface area contributed by atoms with Crippen LogP contribution in [0.4, 0.5) is 0 Å². The molecule has 0 amide bonds. The maximum Gasteiger partial charge on any atom is 0.180 e. The molecule has 1 aromatic carbocycles.